The molecule has 0 aliphatic carbocycles. The van der Waals surface area contributed by atoms with Crippen LogP contribution in [0.2, 0.25) is 0 Å². The van der Waals surface area contributed by atoms with Crippen molar-refractivity contribution in [3.05, 3.63) is 99.8 Å². The zero-order valence-electron chi connectivity index (χ0n) is 22.9. The van der Waals surface area contributed by atoms with Gasteiger partial charge in [-0.25, -0.2) is 9.59 Å². The minimum absolute atomic E-state index is 0.289. The number of hydrogen-bond acceptors (Lipinski definition) is 6. The van der Waals surface area contributed by atoms with Crippen LogP contribution in [0.5, 0.6) is 0 Å². The summed E-state index contributed by atoms with van der Waals surface area (Å²) in [5, 5.41) is 0. The number of thiophene rings is 1. The van der Waals surface area contributed by atoms with Crippen LogP contribution in [0.15, 0.2) is 78.2 Å². The Bertz CT molecular complexity index is 1360. The fraction of sp³-hybridized carbons (Fsp3) is 0.294. The van der Waals surface area contributed by atoms with Crippen molar-refractivity contribution in [2.24, 2.45) is 0 Å². The van der Waals surface area contributed by atoms with Crippen molar-refractivity contribution in [3.63, 3.8) is 0 Å². The molecule has 0 aliphatic heterocycles. The maximum atomic E-state index is 12.1. The monoisotopic (exact) mass is 570 g/mol. The summed E-state index contributed by atoms with van der Waals surface area (Å²) in [6.07, 6.45) is 7.21. The van der Waals surface area contributed by atoms with Crippen molar-refractivity contribution in [1.82, 2.24) is 0 Å². The standard InChI is InChI=1S/C34H34O4S2/c1-3-5-7-25-38-34(36)29-16-10-27(11-17-29)14-20-31-22-23-32(40-31)21-15-28-12-18-30(19-13-28)39-26-9-6-8-24-37-33(35)4-2/h4,10-13,16-19,22-23H,2-3,5-9,24-26H2,1H3. The molecule has 2 aromatic carbocycles. The van der Waals surface area contributed by atoms with Gasteiger partial charge < -0.3 is 9.47 Å². The fourth-order valence-electron chi connectivity index (χ4n) is 3.47. The summed E-state index contributed by atoms with van der Waals surface area (Å²) >= 11 is 3.38. The zero-order valence-corrected chi connectivity index (χ0v) is 24.5. The highest BCUT2D eigenvalue weighted by Crippen LogP contribution is 2.20. The van der Waals surface area contributed by atoms with E-state index in [-0.39, 0.29) is 11.9 Å². The molecule has 0 unspecified atom stereocenters. The van der Waals surface area contributed by atoms with E-state index in [1.807, 2.05) is 48.2 Å². The number of ether oxygens (including phenoxy) is 2. The summed E-state index contributed by atoms with van der Waals surface area (Å²) < 4.78 is 10.3. The van der Waals surface area contributed by atoms with Gasteiger partial charge >= 0.3 is 11.9 Å². The van der Waals surface area contributed by atoms with E-state index < -0.39 is 0 Å². The van der Waals surface area contributed by atoms with E-state index in [2.05, 4.69) is 49.3 Å². The van der Waals surface area contributed by atoms with Gasteiger partial charge in [0, 0.05) is 22.1 Å². The highest BCUT2D eigenvalue weighted by Gasteiger charge is 2.06. The third-order valence-corrected chi connectivity index (χ3v) is 7.70. The zero-order chi connectivity index (χ0) is 28.4. The average molecular weight is 571 g/mol. The third-order valence-electron chi connectivity index (χ3n) is 5.69. The van der Waals surface area contributed by atoms with Gasteiger partial charge in [-0.15, -0.1) is 23.1 Å². The molecule has 206 valence electrons. The Balaban J connectivity index is 1.42. The first-order valence-electron chi connectivity index (χ1n) is 13.5. The molecule has 6 heteroatoms. The van der Waals surface area contributed by atoms with Crippen molar-refractivity contribution in [1.29, 1.82) is 0 Å². The van der Waals surface area contributed by atoms with E-state index >= 15 is 0 Å². The van der Waals surface area contributed by atoms with E-state index in [1.54, 1.807) is 23.5 Å². The summed E-state index contributed by atoms with van der Waals surface area (Å²) in [7, 11) is 0. The second kappa shape index (κ2) is 17.8. The second-order valence-electron chi connectivity index (χ2n) is 8.89. The Kier molecular flexibility index (Phi) is 13.7. The number of carbonyl (C=O) groups excluding carboxylic acids is 2. The Labute approximate surface area is 246 Å². The van der Waals surface area contributed by atoms with Crippen molar-refractivity contribution >= 4 is 35.0 Å². The van der Waals surface area contributed by atoms with Gasteiger partial charge in [-0.05, 0) is 92.1 Å². The van der Waals surface area contributed by atoms with E-state index in [9.17, 15) is 9.59 Å². The number of esters is 2. The smallest absolute Gasteiger partial charge is 0.338 e. The molecule has 0 fully saturated rings. The summed E-state index contributed by atoms with van der Waals surface area (Å²) in [4.78, 5) is 26.2. The normalized spacial score (nSPS) is 10.0. The quantitative estimate of drug-likeness (QED) is 0.0688. The molecule has 0 saturated carbocycles. The van der Waals surface area contributed by atoms with Gasteiger partial charge in [-0.2, -0.15) is 0 Å². The predicted octanol–water partition coefficient (Wildman–Crippen LogP) is 7.89. The molecule has 3 rings (SSSR count). The van der Waals surface area contributed by atoms with E-state index in [0.29, 0.717) is 18.8 Å². The maximum absolute atomic E-state index is 12.1. The highest BCUT2D eigenvalue weighted by molar-refractivity contribution is 7.99. The average Bonchev–Trinajstić information content (AvgIpc) is 3.45. The van der Waals surface area contributed by atoms with Crippen molar-refractivity contribution < 1.29 is 19.1 Å². The minimum atomic E-state index is -0.359. The van der Waals surface area contributed by atoms with E-state index in [1.165, 1.54) is 11.0 Å². The number of rotatable bonds is 13. The number of hydrogen-bond donors (Lipinski definition) is 0. The predicted molar refractivity (Wildman–Crippen MR) is 165 cm³/mol. The molecule has 0 spiro atoms. The molecular formula is C34H34O4S2. The van der Waals surface area contributed by atoms with Gasteiger partial charge in [0.2, 0.25) is 0 Å². The summed E-state index contributed by atoms with van der Waals surface area (Å²) in [5.41, 5.74) is 2.36. The van der Waals surface area contributed by atoms with Gasteiger partial charge in [0.05, 0.1) is 28.5 Å². The lowest BCUT2D eigenvalue weighted by Gasteiger charge is -2.04. The van der Waals surface area contributed by atoms with Crippen LogP contribution in [0.1, 0.15) is 76.7 Å². The van der Waals surface area contributed by atoms with Crippen molar-refractivity contribution in [3.8, 4) is 23.7 Å². The lowest BCUT2D eigenvalue weighted by Crippen LogP contribution is -2.06. The number of unbranched alkanes of at least 4 members (excludes halogenated alkanes) is 4. The van der Waals surface area contributed by atoms with Crippen LogP contribution in [0.4, 0.5) is 0 Å². The molecule has 0 N–H and O–H groups in total. The molecule has 0 saturated heterocycles. The number of benzene rings is 2. The molecule has 1 aromatic heterocycles. The fourth-order valence-corrected chi connectivity index (χ4v) is 5.09. The van der Waals surface area contributed by atoms with Gasteiger partial charge in [0.15, 0.2) is 0 Å². The third kappa shape index (κ3) is 11.6. The summed E-state index contributed by atoms with van der Waals surface area (Å²) in [6, 6.07) is 19.5. The molecule has 0 amide bonds. The van der Waals surface area contributed by atoms with Crippen LogP contribution in [0.3, 0.4) is 0 Å². The number of carbonyl (C=O) groups is 2. The second-order valence-corrected chi connectivity index (χ2v) is 11.1. The Morgan fingerprint density at radius 1 is 0.775 bits per heavy atom. The van der Waals surface area contributed by atoms with E-state index in [0.717, 1.165) is 65.2 Å². The maximum Gasteiger partial charge on any atom is 0.338 e. The molecule has 3 aromatic rings. The molecule has 0 aliphatic rings. The van der Waals surface area contributed by atoms with Crippen LogP contribution in [0, 0.1) is 23.7 Å². The molecular weight excluding hydrogens is 537 g/mol. The largest absolute Gasteiger partial charge is 0.463 e. The highest BCUT2D eigenvalue weighted by atomic mass is 32.2. The summed E-state index contributed by atoms with van der Waals surface area (Å²) in [6.45, 7) is 6.42. The van der Waals surface area contributed by atoms with Crippen LogP contribution >= 0.6 is 23.1 Å². The summed E-state index contributed by atoms with van der Waals surface area (Å²) in [5.74, 6) is 13.2. The lowest BCUT2D eigenvalue weighted by atomic mass is 10.1. The molecule has 0 radical (unpaired) electrons. The Morgan fingerprint density at radius 3 is 2.00 bits per heavy atom. The Morgan fingerprint density at radius 2 is 1.38 bits per heavy atom. The van der Waals surface area contributed by atoms with Crippen LogP contribution in [-0.2, 0) is 14.3 Å². The number of thioether (sulfide) groups is 1. The molecule has 4 nitrogen and oxygen atoms in total. The van der Waals surface area contributed by atoms with Crippen molar-refractivity contribution in [2.45, 2.75) is 50.3 Å². The van der Waals surface area contributed by atoms with Crippen LogP contribution in [-0.4, -0.2) is 30.9 Å². The van der Waals surface area contributed by atoms with Crippen LogP contribution < -0.4 is 0 Å². The molecule has 0 atom stereocenters. The first-order chi connectivity index (χ1) is 19.6. The lowest BCUT2D eigenvalue weighted by molar-refractivity contribution is -0.137. The van der Waals surface area contributed by atoms with Crippen molar-refractivity contribution in [2.75, 3.05) is 19.0 Å². The first kappa shape index (κ1) is 30.8. The molecule has 0 bridgehead atoms. The molecule has 40 heavy (non-hydrogen) atoms. The van der Waals surface area contributed by atoms with Gasteiger partial charge in [0.25, 0.3) is 0 Å². The first-order valence-corrected chi connectivity index (χ1v) is 15.3. The van der Waals surface area contributed by atoms with E-state index in [4.69, 9.17) is 9.47 Å². The van der Waals surface area contributed by atoms with Gasteiger partial charge in [-0.1, -0.05) is 50.0 Å². The molecule has 1 heterocycles. The van der Waals surface area contributed by atoms with Gasteiger partial charge in [-0.3, -0.25) is 0 Å². The topological polar surface area (TPSA) is 52.6 Å². The Hall–Kier alpha value is -3.71. The minimum Gasteiger partial charge on any atom is -0.463 e. The van der Waals surface area contributed by atoms with Crippen LogP contribution in [0.25, 0.3) is 0 Å². The SMILES string of the molecule is C=CC(=O)OCCCCCSc1ccc(C#Cc2ccc(C#Cc3ccc(C(=O)OCCCCC)cc3)s2)cc1. The van der Waals surface area contributed by atoms with Gasteiger partial charge in [0.1, 0.15) is 0 Å².